The average molecular weight is 205 g/mol. The molecule has 2 heteroatoms. The van der Waals surface area contributed by atoms with Crippen LogP contribution in [-0.4, -0.2) is 18.2 Å². The van der Waals surface area contributed by atoms with Gasteiger partial charge in [0.25, 0.3) is 0 Å². The smallest absolute Gasteiger partial charge is 0.102 e. The minimum atomic E-state index is -0.657. The van der Waals surface area contributed by atoms with E-state index in [0.717, 1.165) is 24.9 Å². The third-order valence-electron chi connectivity index (χ3n) is 3.24. The molecule has 82 valence electrons. The van der Waals surface area contributed by atoms with Crippen LogP contribution in [0.5, 0.6) is 0 Å². The van der Waals surface area contributed by atoms with Crippen molar-refractivity contribution in [3.8, 4) is 0 Å². The molecular weight excluding hydrogens is 186 g/mol. The van der Waals surface area contributed by atoms with Gasteiger partial charge in [0.2, 0.25) is 0 Å². The summed E-state index contributed by atoms with van der Waals surface area (Å²) in [5, 5.41) is 13.8. The van der Waals surface area contributed by atoms with Gasteiger partial charge in [-0.3, -0.25) is 0 Å². The van der Waals surface area contributed by atoms with Gasteiger partial charge >= 0.3 is 0 Å². The molecule has 15 heavy (non-hydrogen) atoms. The molecule has 2 nitrogen and oxygen atoms in total. The van der Waals surface area contributed by atoms with Crippen LogP contribution in [0, 0.1) is 13.8 Å². The molecule has 1 atom stereocenters. The van der Waals surface area contributed by atoms with Crippen LogP contribution in [-0.2, 0) is 5.60 Å². The van der Waals surface area contributed by atoms with Crippen LogP contribution in [0.25, 0.3) is 0 Å². The topological polar surface area (TPSA) is 32.3 Å². The number of benzene rings is 1. The first-order chi connectivity index (χ1) is 7.12. The number of β-amino-alcohol motifs (C(OH)–C–C–N with tert-alkyl or cyclic N) is 1. The molecule has 2 N–H and O–H groups in total. The highest BCUT2D eigenvalue weighted by Gasteiger charge is 2.32. The van der Waals surface area contributed by atoms with Gasteiger partial charge in [0.15, 0.2) is 0 Å². The van der Waals surface area contributed by atoms with Crippen molar-refractivity contribution in [2.24, 2.45) is 0 Å². The third-order valence-corrected chi connectivity index (χ3v) is 3.24. The monoisotopic (exact) mass is 205 g/mol. The van der Waals surface area contributed by atoms with Crippen molar-refractivity contribution in [1.82, 2.24) is 5.32 Å². The van der Waals surface area contributed by atoms with Gasteiger partial charge in [0.05, 0.1) is 0 Å². The molecule has 1 aromatic rings. The Morgan fingerprint density at radius 3 is 2.73 bits per heavy atom. The third kappa shape index (κ3) is 2.06. The maximum absolute atomic E-state index is 10.6. The largest absolute Gasteiger partial charge is 0.384 e. The fourth-order valence-electron chi connectivity index (χ4n) is 2.46. The van der Waals surface area contributed by atoms with Gasteiger partial charge in [0, 0.05) is 6.54 Å². The molecule has 1 fully saturated rings. The predicted molar refractivity (Wildman–Crippen MR) is 61.9 cm³/mol. The second-order valence-corrected chi connectivity index (χ2v) is 4.63. The summed E-state index contributed by atoms with van der Waals surface area (Å²) in [7, 11) is 0. The zero-order valence-corrected chi connectivity index (χ0v) is 9.51. The standard InChI is InChI=1S/C13H19NO/c1-10-4-5-12(11(2)8-10)13(15)6-3-7-14-9-13/h4-5,8,14-15H,3,6-7,9H2,1-2H3/t13-/m0/s1. The number of aliphatic hydroxyl groups is 1. The average Bonchev–Trinajstić information content (AvgIpc) is 2.18. The zero-order valence-electron chi connectivity index (χ0n) is 9.51. The van der Waals surface area contributed by atoms with Gasteiger partial charge in [0.1, 0.15) is 5.60 Å². The number of nitrogens with one attached hydrogen (secondary N) is 1. The van der Waals surface area contributed by atoms with Gasteiger partial charge in [-0.15, -0.1) is 0 Å². The summed E-state index contributed by atoms with van der Waals surface area (Å²) >= 11 is 0. The molecule has 0 bridgehead atoms. The maximum Gasteiger partial charge on any atom is 0.102 e. The van der Waals surface area contributed by atoms with E-state index < -0.39 is 5.60 Å². The molecule has 0 radical (unpaired) electrons. The number of rotatable bonds is 1. The number of aryl methyl sites for hydroxylation is 2. The Hall–Kier alpha value is -0.860. The second kappa shape index (κ2) is 3.95. The molecule has 0 aliphatic carbocycles. The Labute approximate surface area is 91.3 Å². The van der Waals surface area contributed by atoms with Gasteiger partial charge < -0.3 is 10.4 Å². The first-order valence-electron chi connectivity index (χ1n) is 5.63. The molecule has 1 saturated heterocycles. The first kappa shape index (κ1) is 10.7. The fourth-order valence-corrected chi connectivity index (χ4v) is 2.46. The molecule has 1 aromatic carbocycles. The number of hydrogen-bond donors (Lipinski definition) is 2. The van der Waals surface area contributed by atoms with Crippen LogP contribution >= 0.6 is 0 Å². The summed E-state index contributed by atoms with van der Waals surface area (Å²) in [4.78, 5) is 0. The lowest BCUT2D eigenvalue weighted by Gasteiger charge is -2.34. The molecule has 0 amide bonds. The summed E-state index contributed by atoms with van der Waals surface area (Å²) in [6.07, 6.45) is 1.91. The van der Waals surface area contributed by atoms with Crippen molar-refractivity contribution in [3.05, 3.63) is 34.9 Å². The summed E-state index contributed by atoms with van der Waals surface area (Å²) in [5.74, 6) is 0. The first-order valence-corrected chi connectivity index (χ1v) is 5.63. The molecule has 0 spiro atoms. The highest BCUT2D eigenvalue weighted by atomic mass is 16.3. The molecule has 1 heterocycles. The van der Waals surface area contributed by atoms with Crippen LogP contribution < -0.4 is 5.32 Å². The van der Waals surface area contributed by atoms with Crippen molar-refractivity contribution < 1.29 is 5.11 Å². The normalized spacial score (nSPS) is 26.6. The van der Waals surface area contributed by atoms with E-state index in [1.54, 1.807) is 0 Å². The molecule has 2 rings (SSSR count). The lowest BCUT2D eigenvalue weighted by atomic mass is 9.84. The highest BCUT2D eigenvalue weighted by molar-refractivity contribution is 5.35. The van der Waals surface area contributed by atoms with Crippen LogP contribution in [0.4, 0.5) is 0 Å². The summed E-state index contributed by atoms with van der Waals surface area (Å²) in [6.45, 7) is 5.86. The SMILES string of the molecule is Cc1ccc([C@]2(O)CCCNC2)c(C)c1. The lowest BCUT2D eigenvalue weighted by Crippen LogP contribution is -2.43. The predicted octanol–water partition coefficient (Wildman–Crippen LogP) is 1.87. The molecule has 0 aromatic heterocycles. The van der Waals surface area contributed by atoms with Crippen molar-refractivity contribution in [2.45, 2.75) is 32.3 Å². The summed E-state index contributed by atoms with van der Waals surface area (Å²) < 4.78 is 0. The van der Waals surface area contributed by atoms with Crippen molar-refractivity contribution in [1.29, 1.82) is 0 Å². The van der Waals surface area contributed by atoms with E-state index in [0.29, 0.717) is 6.54 Å². The van der Waals surface area contributed by atoms with E-state index in [-0.39, 0.29) is 0 Å². The quantitative estimate of drug-likeness (QED) is 0.733. The Morgan fingerprint density at radius 1 is 1.33 bits per heavy atom. The highest BCUT2D eigenvalue weighted by Crippen LogP contribution is 2.30. The zero-order chi connectivity index (χ0) is 10.9. The molecule has 1 aliphatic rings. The van der Waals surface area contributed by atoms with Crippen LogP contribution in [0.15, 0.2) is 18.2 Å². The van der Waals surface area contributed by atoms with E-state index in [4.69, 9.17) is 0 Å². The second-order valence-electron chi connectivity index (χ2n) is 4.63. The molecular formula is C13H19NO. The Bertz CT molecular complexity index is 354. The minimum absolute atomic E-state index is 0.657. The van der Waals surface area contributed by atoms with Gasteiger partial charge in [-0.1, -0.05) is 23.8 Å². The fraction of sp³-hybridized carbons (Fsp3) is 0.538. The van der Waals surface area contributed by atoms with Crippen LogP contribution in [0.1, 0.15) is 29.5 Å². The van der Waals surface area contributed by atoms with Gasteiger partial charge in [-0.05, 0) is 44.4 Å². The Morgan fingerprint density at radius 2 is 2.13 bits per heavy atom. The van der Waals surface area contributed by atoms with Crippen LogP contribution in [0.2, 0.25) is 0 Å². The van der Waals surface area contributed by atoms with Gasteiger partial charge in [-0.25, -0.2) is 0 Å². The van der Waals surface area contributed by atoms with Gasteiger partial charge in [-0.2, -0.15) is 0 Å². The number of piperidine rings is 1. The van der Waals surface area contributed by atoms with E-state index in [2.05, 4.69) is 37.4 Å². The minimum Gasteiger partial charge on any atom is -0.384 e. The van der Waals surface area contributed by atoms with E-state index in [1.165, 1.54) is 11.1 Å². The number of hydrogen-bond acceptors (Lipinski definition) is 2. The summed E-state index contributed by atoms with van der Waals surface area (Å²) in [6, 6.07) is 6.29. The summed E-state index contributed by atoms with van der Waals surface area (Å²) in [5.41, 5.74) is 2.88. The maximum atomic E-state index is 10.6. The Kier molecular flexibility index (Phi) is 2.81. The van der Waals surface area contributed by atoms with E-state index >= 15 is 0 Å². The van der Waals surface area contributed by atoms with Crippen molar-refractivity contribution >= 4 is 0 Å². The molecule has 0 saturated carbocycles. The molecule has 0 unspecified atom stereocenters. The molecule has 1 aliphatic heterocycles. The van der Waals surface area contributed by atoms with Crippen molar-refractivity contribution in [2.75, 3.05) is 13.1 Å². The van der Waals surface area contributed by atoms with E-state index in [9.17, 15) is 5.11 Å². The van der Waals surface area contributed by atoms with Crippen LogP contribution in [0.3, 0.4) is 0 Å². The lowest BCUT2D eigenvalue weighted by molar-refractivity contribution is 0.0117. The van der Waals surface area contributed by atoms with Crippen molar-refractivity contribution in [3.63, 3.8) is 0 Å². The Balaban J connectivity index is 2.35. The van der Waals surface area contributed by atoms with E-state index in [1.807, 2.05) is 0 Å².